The standard InChI is InChI=1S/C8H9NOS/c1-5-4-7-6(2-3-11-7)9-8(5)10/h2-3,5H,4H2,1H3,(H,9,10). The molecule has 2 rings (SSSR count). The van der Waals surface area contributed by atoms with Crippen molar-refractivity contribution in [2.45, 2.75) is 13.3 Å². The summed E-state index contributed by atoms with van der Waals surface area (Å²) in [6.45, 7) is 1.96. The highest BCUT2D eigenvalue weighted by molar-refractivity contribution is 7.10. The van der Waals surface area contributed by atoms with Crippen LogP contribution < -0.4 is 5.32 Å². The zero-order chi connectivity index (χ0) is 7.84. The van der Waals surface area contributed by atoms with Crippen LogP contribution in [-0.2, 0) is 11.2 Å². The molecule has 0 aromatic carbocycles. The highest BCUT2D eigenvalue weighted by atomic mass is 32.1. The largest absolute Gasteiger partial charge is 0.325 e. The molecule has 11 heavy (non-hydrogen) atoms. The highest BCUT2D eigenvalue weighted by Crippen LogP contribution is 2.29. The lowest BCUT2D eigenvalue weighted by molar-refractivity contribution is -0.119. The van der Waals surface area contributed by atoms with Gasteiger partial charge in [0.2, 0.25) is 5.91 Å². The Balaban J connectivity index is 2.37. The van der Waals surface area contributed by atoms with E-state index in [4.69, 9.17) is 0 Å². The Hall–Kier alpha value is -0.830. The molecule has 1 aliphatic heterocycles. The van der Waals surface area contributed by atoms with Crippen LogP contribution in [-0.4, -0.2) is 5.91 Å². The maximum Gasteiger partial charge on any atom is 0.227 e. The van der Waals surface area contributed by atoms with Gasteiger partial charge in [0.1, 0.15) is 0 Å². The number of anilines is 1. The summed E-state index contributed by atoms with van der Waals surface area (Å²) in [5.74, 6) is 0.289. The fraction of sp³-hybridized carbons (Fsp3) is 0.375. The molecule has 1 unspecified atom stereocenters. The molecule has 58 valence electrons. The minimum atomic E-state index is 0.140. The fourth-order valence-corrected chi connectivity index (χ4v) is 2.20. The van der Waals surface area contributed by atoms with Crippen molar-refractivity contribution in [3.8, 4) is 0 Å². The van der Waals surface area contributed by atoms with Crippen LogP contribution in [0.15, 0.2) is 11.4 Å². The van der Waals surface area contributed by atoms with E-state index in [1.165, 1.54) is 4.88 Å². The summed E-state index contributed by atoms with van der Waals surface area (Å²) in [5, 5.41) is 4.88. The molecule has 1 amide bonds. The van der Waals surface area contributed by atoms with E-state index in [1.807, 2.05) is 18.4 Å². The summed E-state index contributed by atoms with van der Waals surface area (Å²) >= 11 is 1.72. The van der Waals surface area contributed by atoms with Crippen LogP contribution in [0.3, 0.4) is 0 Å². The monoisotopic (exact) mass is 167 g/mol. The topological polar surface area (TPSA) is 29.1 Å². The van der Waals surface area contributed by atoms with Gasteiger partial charge in [-0.3, -0.25) is 4.79 Å². The van der Waals surface area contributed by atoms with Crippen LogP contribution in [0.4, 0.5) is 5.69 Å². The molecule has 2 heterocycles. The second-order valence-electron chi connectivity index (χ2n) is 2.85. The van der Waals surface area contributed by atoms with Gasteiger partial charge in [-0.2, -0.15) is 0 Å². The van der Waals surface area contributed by atoms with Crippen LogP contribution in [0.5, 0.6) is 0 Å². The number of rotatable bonds is 0. The van der Waals surface area contributed by atoms with E-state index >= 15 is 0 Å². The number of carbonyl (C=O) groups is 1. The third-order valence-electron chi connectivity index (χ3n) is 1.94. The van der Waals surface area contributed by atoms with Crippen molar-refractivity contribution >= 4 is 22.9 Å². The number of amides is 1. The van der Waals surface area contributed by atoms with Crippen LogP contribution in [0.25, 0.3) is 0 Å². The zero-order valence-electron chi connectivity index (χ0n) is 6.26. The molecule has 1 aliphatic rings. The number of hydrogen-bond donors (Lipinski definition) is 1. The summed E-state index contributed by atoms with van der Waals surface area (Å²) in [5.41, 5.74) is 1.01. The predicted molar refractivity (Wildman–Crippen MR) is 45.8 cm³/mol. The molecule has 1 aromatic rings. The maximum atomic E-state index is 11.1. The summed E-state index contributed by atoms with van der Waals surface area (Å²) in [7, 11) is 0. The van der Waals surface area contributed by atoms with Gasteiger partial charge in [0, 0.05) is 10.8 Å². The first-order chi connectivity index (χ1) is 5.27. The minimum Gasteiger partial charge on any atom is -0.325 e. The minimum absolute atomic E-state index is 0.140. The molecule has 0 aliphatic carbocycles. The summed E-state index contributed by atoms with van der Waals surface area (Å²) in [6, 6.07) is 1.96. The summed E-state index contributed by atoms with van der Waals surface area (Å²) in [6.07, 6.45) is 0.902. The zero-order valence-corrected chi connectivity index (χ0v) is 7.07. The molecule has 2 nitrogen and oxygen atoms in total. The van der Waals surface area contributed by atoms with Gasteiger partial charge in [-0.25, -0.2) is 0 Å². The molecule has 0 saturated carbocycles. The van der Waals surface area contributed by atoms with Crippen molar-refractivity contribution in [3.63, 3.8) is 0 Å². The van der Waals surface area contributed by atoms with E-state index in [0.29, 0.717) is 0 Å². The van der Waals surface area contributed by atoms with Crippen LogP contribution >= 0.6 is 11.3 Å². The van der Waals surface area contributed by atoms with Crippen molar-refractivity contribution in [3.05, 3.63) is 16.3 Å². The molecule has 3 heteroatoms. The first-order valence-electron chi connectivity index (χ1n) is 3.64. The average molecular weight is 167 g/mol. The van der Waals surface area contributed by atoms with Gasteiger partial charge in [-0.15, -0.1) is 11.3 Å². The number of fused-ring (bicyclic) bond motifs is 1. The SMILES string of the molecule is CC1Cc2sccc2NC1=O. The number of thiophene rings is 1. The fourth-order valence-electron chi connectivity index (χ4n) is 1.24. The predicted octanol–water partition coefficient (Wildman–Crippen LogP) is 1.88. The molecule has 0 fully saturated rings. The average Bonchev–Trinajstić information content (AvgIpc) is 2.36. The van der Waals surface area contributed by atoms with E-state index < -0.39 is 0 Å². The quantitative estimate of drug-likeness (QED) is 0.628. The molecule has 1 aromatic heterocycles. The summed E-state index contributed by atoms with van der Waals surface area (Å²) in [4.78, 5) is 12.5. The number of nitrogens with one attached hydrogen (secondary N) is 1. The lowest BCUT2D eigenvalue weighted by atomic mass is 10.0. The smallest absolute Gasteiger partial charge is 0.227 e. The van der Waals surface area contributed by atoms with Crippen molar-refractivity contribution in [2.75, 3.05) is 5.32 Å². The van der Waals surface area contributed by atoms with Gasteiger partial charge in [0.15, 0.2) is 0 Å². The van der Waals surface area contributed by atoms with Gasteiger partial charge in [0.05, 0.1) is 5.69 Å². The second kappa shape index (κ2) is 2.34. The van der Waals surface area contributed by atoms with E-state index in [-0.39, 0.29) is 11.8 Å². The normalized spacial score (nSPS) is 22.6. The molecular formula is C8H9NOS. The van der Waals surface area contributed by atoms with Crippen molar-refractivity contribution in [1.82, 2.24) is 0 Å². The molecule has 0 bridgehead atoms. The third kappa shape index (κ3) is 1.05. The molecule has 0 saturated heterocycles. The Morgan fingerprint density at radius 3 is 3.36 bits per heavy atom. The first-order valence-corrected chi connectivity index (χ1v) is 4.52. The van der Waals surface area contributed by atoms with Crippen molar-refractivity contribution in [2.24, 2.45) is 5.92 Å². The second-order valence-corrected chi connectivity index (χ2v) is 3.85. The van der Waals surface area contributed by atoms with Gasteiger partial charge in [-0.05, 0) is 17.9 Å². The Kier molecular flexibility index (Phi) is 1.46. The third-order valence-corrected chi connectivity index (χ3v) is 2.89. The lowest BCUT2D eigenvalue weighted by Crippen LogP contribution is -2.26. The number of carbonyl (C=O) groups excluding carboxylic acids is 1. The van der Waals surface area contributed by atoms with E-state index in [9.17, 15) is 4.79 Å². The molecule has 1 atom stereocenters. The van der Waals surface area contributed by atoms with Crippen LogP contribution in [0.2, 0.25) is 0 Å². The van der Waals surface area contributed by atoms with Crippen molar-refractivity contribution in [1.29, 1.82) is 0 Å². The summed E-state index contributed by atoms with van der Waals surface area (Å²) < 4.78 is 0. The number of hydrogen-bond acceptors (Lipinski definition) is 2. The Labute approximate surface area is 69.2 Å². The molecular weight excluding hydrogens is 158 g/mol. The maximum absolute atomic E-state index is 11.1. The van der Waals surface area contributed by atoms with E-state index in [2.05, 4.69) is 5.32 Å². The van der Waals surface area contributed by atoms with Crippen molar-refractivity contribution < 1.29 is 4.79 Å². The Morgan fingerprint density at radius 1 is 1.73 bits per heavy atom. The van der Waals surface area contributed by atoms with Crippen LogP contribution in [0, 0.1) is 5.92 Å². The van der Waals surface area contributed by atoms with Gasteiger partial charge < -0.3 is 5.32 Å². The molecule has 1 N–H and O–H groups in total. The molecule has 0 spiro atoms. The van der Waals surface area contributed by atoms with Crippen LogP contribution in [0.1, 0.15) is 11.8 Å². The van der Waals surface area contributed by atoms with Gasteiger partial charge >= 0.3 is 0 Å². The molecule has 0 radical (unpaired) electrons. The highest BCUT2D eigenvalue weighted by Gasteiger charge is 2.22. The van der Waals surface area contributed by atoms with Gasteiger partial charge in [0.25, 0.3) is 0 Å². The van der Waals surface area contributed by atoms with Gasteiger partial charge in [-0.1, -0.05) is 6.92 Å². The Bertz CT molecular complexity index is 292. The first kappa shape index (κ1) is 6.85. The lowest BCUT2D eigenvalue weighted by Gasteiger charge is -2.17. The van der Waals surface area contributed by atoms with E-state index in [1.54, 1.807) is 11.3 Å². The van der Waals surface area contributed by atoms with E-state index in [0.717, 1.165) is 12.1 Å². The Morgan fingerprint density at radius 2 is 2.55 bits per heavy atom.